The predicted molar refractivity (Wildman–Crippen MR) is 118 cm³/mol. The fourth-order valence-corrected chi connectivity index (χ4v) is 2.77. The molecule has 0 aromatic carbocycles. The van der Waals surface area contributed by atoms with Gasteiger partial charge < -0.3 is 14.2 Å². The molecule has 0 radical (unpaired) electrons. The van der Waals surface area contributed by atoms with E-state index in [1.54, 1.807) is 0 Å². The van der Waals surface area contributed by atoms with Crippen molar-refractivity contribution in [1.82, 2.24) is 13.7 Å². The van der Waals surface area contributed by atoms with Gasteiger partial charge in [-0.2, -0.15) is 0 Å². The summed E-state index contributed by atoms with van der Waals surface area (Å²) in [6.07, 6.45) is -1.51. The molecule has 0 aliphatic carbocycles. The standard InChI is InChI=1S/C21H27N3O12/c1-13(25)10-16(28)34-7-4-22-19(31)23(5-8-35-17(29)11-14(2)26)21(33)24(20(22)32)6-9-36-18(30)12-15(3)27/h4-12H2,1-3H3. The average molecular weight is 513 g/mol. The van der Waals surface area contributed by atoms with Gasteiger partial charge in [0.1, 0.15) is 56.4 Å². The fourth-order valence-electron chi connectivity index (χ4n) is 2.77. The summed E-state index contributed by atoms with van der Waals surface area (Å²) >= 11 is 0. The molecule has 1 rings (SSSR count). The molecule has 0 aliphatic heterocycles. The molecule has 0 N–H and O–H groups in total. The molecule has 1 heterocycles. The van der Waals surface area contributed by atoms with Gasteiger partial charge in [-0.3, -0.25) is 28.8 Å². The minimum absolute atomic E-state index is 0.452. The van der Waals surface area contributed by atoms with Crippen LogP contribution in [0.3, 0.4) is 0 Å². The Morgan fingerprint density at radius 3 is 0.917 bits per heavy atom. The molecule has 0 bridgehead atoms. The summed E-state index contributed by atoms with van der Waals surface area (Å²) in [5.41, 5.74) is -3.29. The lowest BCUT2D eigenvalue weighted by molar-refractivity contribution is -0.147. The van der Waals surface area contributed by atoms with Crippen LogP contribution in [0.15, 0.2) is 14.4 Å². The maximum Gasteiger partial charge on any atom is 0.336 e. The molecule has 0 aliphatic rings. The molecule has 0 amide bonds. The number of hydrogen-bond donors (Lipinski definition) is 0. The lowest BCUT2D eigenvalue weighted by atomic mass is 10.3. The molecule has 0 fully saturated rings. The zero-order valence-corrected chi connectivity index (χ0v) is 20.1. The van der Waals surface area contributed by atoms with E-state index in [-0.39, 0.29) is 0 Å². The van der Waals surface area contributed by atoms with Gasteiger partial charge in [0, 0.05) is 0 Å². The van der Waals surface area contributed by atoms with Gasteiger partial charge in [0.05, 0.1) is 19.6 Å². The van der Waals surface area contributed by atoms with Gasteiger partial charge in [0.2, 0.25) is 0 Å². The molecule has 15 nitrogen and oxygen atoms in total. The van der Waals surface area contributed by atoms with Crippen molar-refractivity contribution in [2.24, 2.45) is 0 Å². The summed E-state index contributed by atoms with van der Waals surface area (Å²) in [6.45, 7) is 0.676. The summed E-state index contributed by atoms with van der Waals surface area (Å²) in [6, 6.07) is 0. The molecule has 0 atom stereocenters. The Labute approximate surface area is 203 Å². The van der Waals surface area contributed by atoms with Crippen molar-refractivity contribution in [2.45, 2.75) is 59.7 Å². The van der Waals surface area contributed by atoms with Gasteiger partial charge in [-0.1, -0.05) is 0 Å². The molecule has 1 aromatic rings. The topological polar surface area (TPSA) is 196 Å². The first-order chi connectivity index (χ1) is 16.8. The molecule has 36 heavy (non-hydrogen) atoms. The van der Waals surface area contributed by atoms with Crippen molar-refractivity contribution in [3.05, 3.63) is 31.5 Å². The molecule has 15 heteroatoms. The van der Waals surface area contributed by atoms with E-state index in [1.165, 1.54) is 20.8 Å². The predicted octanol–water partition coefficient (Wildman–Crippen LogP) is -2.26. The third kappa shape index (κ3) is 9.99. The van der Waals surface area contributed by atoms with Crippen LogP contribution in [0.2, 0.25) is 0 Å². The van der Waals surface area contributed by atoms with Crippen LogP contribution in [-0.2, 0) is 62.6 Å². The van der Waals surface area contributed by atoms with E-state index in [9.17, 15) is 43.2 Å². The first-order valence-electron chi connectivity index (χ1n) is 10.7. The van der Waals surface area contributed by atoms with Crippen molar-refractivity contribution >= 4 is 35.3 Å². The normalized spacial score (nSPS) is 10.4. The van der Waals surface area contributed by atoms with Crippen molar-refractivity contribution in [3.63, 3.8) is 0 Å². The summed E-state index contributed by atoms with van der Waals surface area (Å²) in [7, 11) is 0. The van der Waals surface area contributed by atoms with Gasteiger partial charge in [-0.05, 0) is 20.8 Å². The van der Waals surface area contributed by atoms with Gasteiger partial charge >= 0.3 is 35.0 Å². The molecule has 0 unspecified atom stereocenters. The number of ketones is 3. The first-order valence-corrected chi connectivity index (χ1v) is 10.7. The summed E-state index contributed by atoms with van der Waals surface area (Å²) in [4.78, 5) is 106. The van der Waals surface area contributed by atoms with Crippen LogP contribution in [0.1, 0.15) is 40.0 Å². The smallest absolute Gasteiger partial charge is 0.336 e. The molecule has 198 valence electrons. The van der Waals surface area contributed by atoms with Crippen LogP contribution in [0.4, 0.5) is 0 Å². The van der Waals surface area contributed by atoms with Crippen molar-refractivity contribution < 1.29 is 43.0 Å². The molecular formula is C21H27N3O12. The van der Waals surface area contributed by atoms with Crippen molar-refractivity contribution in [3.8, 4) is 0 Å². The van der Waals surface area contributed by atoms with Gasteiger partial charge in [-0.25, -0.2) is 28.1 Å². The van der Waals surface area contributed by atoms with Crippen LogP contribution < -0.4 is 17.1 Å². The maximum absolute atomic E-state index is 12.8. The summed E-state index contributed by atoms with van der Waals surface area (Å²) in [5, 5.41) is 0. The highest BCUT2D eigenvalue weighted by Crippen LogP contribution is 1.92. The number of ether oxygens (including phenoxy) is 3. The summed E-state index contributed by atoms with van der Waals surface area (Å²) < 4.78 is 16.2. The van der Waals surface area contributed by atoms with E-state index in [2.05, 4.69) is 0 Å². The minimum atomic E-state index is -1.10. The second kappa shape index (κ2) is 14.3. The largest absolute Gasteiger partial charge is 0.463 e. The van der Waals surface area contributed by atoms with Crippen LogP contribution in [-0.4, -0.2) is 68.8 Å². The monoisotopic (exact) mass is 513 g/mol. The Kier molecular flexibility index (Phi) is 11.8. The molecule has 1 aromatic heterocycles. The quantitative estimate of drug-likeness (QED) is 0.139. The van der Waals surface area contributed by atoms with Crippen LogP contribution in [0.5, 0.6) is 0 Å². The number of Topliss-reactive ketones (excluding diaryl/α,β-unsaturated/α-hetero) is 3. The maximum atomic E-state index is 12.8. The number of aromatic nitrogens is 3. The third-order valence-electron chi connectivity index (χ3n) is 4.30. The number of carbonyl (C=O) groups excluding carboxylic acids is 6. The third-order valence-corrected chi connectivity index (χ3v) is 4.30. The Balaban J connectivity index is 3.16. The zero-order chi connectivity index (χ0) is 27.4. The average Bonchev–Trinajstić information content (AvgIpc) is 2.73. The number of nitrogens with zero attached hydrogens (tertiary/aromatic N) is 3. The lowest BCUT2D eigenvalue weighted by Gasteiger charge is -2.14. The second-order valence-electron chi connectivity index (χ2n) is 7.60. The van der Waals surface area contributed by atoms with Crippen LogP contribution >= 0.6 is 0 Å². The first kappa shape index (κ1) is 29.9. The van der Waals surface area contributed by atoms with Crippen molar-refractivity contribution in [1.29, 1.82) is 0 Å². The molecular weight excluding hydrogens is 486 g/mol. The molecule has 0 saturated heterocycles. The lowest BCUT2D eigenvalue weighted by Crippen LogP contribution is -2.55. The Morgan fingerprint density at radius 2 is 0.722 bits per heavy atom. The minimum Gasteiger partial charge on any atom is -0.463 e. The number of rotatable bonds is 15. The van der Waals surface area contributed by atoms with E-state index in [0.717, 1.165) is 0 Å². The Hall–Kier alpha value is -4.17. The molecule has 0 spiro atoms. The van der Waals surface area contributed by atoms with Crippen LogP contribution in [0, 0.1) is 0 Å². The summed E-state index contributed by atoms with van der Waals surface area (Å²) in [5.74, 6) is -3.98. The Morgan fingerprint density at radius 1 is 0.500 bits per heavy atom. The Bertz CT molecular complexity index is 1030. The fraction of sp³-hybridized carbons (Fsp3) is 0.571. The number of hydrogen-bond acceptors (Lipinski definition) is 12. The van der Waals surface area contributed by atoms with E-state index >= 15 is 0 Å². The number of esters is 3. The zero-order valence-electron chi connectivity index (χ0n) is 20.1. The highest BCUT2D eigenvalue weighted by Gasteiger charge is 2.18. The van der Waals surface area contributed by atoms with Gasteiger partial charge in [0.15, 0.2) is 0 Å². The van der Waals surface area contributed by atoms with Crippen LogP contribution in [0.25, 0.3) is 0 Å². The van der Waals surface area contributed by atoms with E-state index in [4.69, 9.17) is 14.2 Å². The molecule has 0 saturated carbocycles. The van der Waals surface area contributed by atoms with E-state index in [0.29, 0.717) is 13.7 Å². The van der Waals surface area contributed by atoms with E-state index < -0.39 is 111 Å². The highest BCUT2D eigenvalue weighted by molar-refractivity contribution is 5.95. The van der Waals surface area contributed by atoms with Gasteiger partial charge in [0.25, 0.3) is 0 Å². The number of carbonyl (C=O) groups is 6. The second-order valence-corrected chi connectivity index (χ2v) is 7.60. The van der Waals surface area contributed by atoms with Crippen molar-refractivity contribution in [2.75, 3.05) is 19.8 Å². The van der Waals surface area contributed by atoms with E-state index in [1.807, 2.05) is 0 Å². The SMILES string of the molecule is CC(=O)CC(=O)OCCn1c(=O)n(CCOC(=O)CC(C)=O)c(=O)n(CCOC(=O)CC(C)=O)c1=O. The van der Waals surface area contributed by atoms with Gasteiger partial charge in [-0.15, -0.1) is 0 Å². The highest BCUT2D eigenvalue weighted by atomic mass is 16.5.